The number of aromatic nitrogens is 2. The van der Waals surface area contributed by atoms with E-state index < -0.39 is 10.0 Å². The molecule has 1 aromatic carbocycles. The third-order valence-electron chi connectivity index (χ3n) is 4.77. The van der Waals surface area contributed by atoms with Crippen molar-refractivity contribution in [3.63, 3.8) is 0 Å². The van der Waals surface area contributed by atoms with Gasteiger partial charge in [0.2, 0.25) is 10.0 Å². The first kappa shape index (κ1) is 20.2. The van der Waals surface area contributed by atoms with Crippen LogP contribution in [0.5, 0.6) is 0 Å². The number of hydrogen-bond acceptors (Lipinski definition) is 5. The molecule has 3 rings (SSSR count). The first-order valence-corrected chi connectivity index (χ1v) is 10.7. The lowest BCUT2D eigenvalue weighted by Crippen LogP contribution is -2.50. The van der Waals surface area contributed by atoms with E-state index in [-0.39, 0.29) is 29.7 Å². The highest BCUT2D eigenvalue weighted by Crippen LogP contribution is 2.20. The molecule has 0 saturated carbocycles. The Balaban J connectivity index is 1.68. The Morgan fingerprint density at radius 3 is 2.50 bits per heavy atom. The minimum Gasteiger partial charge on any atom is -0.335 e. The summed E-state index contributed by atoms with van der Waals surface area (Å²) in [6.07, 6.45) is 1.78. The van der Waals surface area contributed by atoms with E-state index in [4.69, 9.17) is 0 Å². The van der Waals surface area contributed by atoms with E-state index in [1.54, 1.807) is 23.1 Å². The number of aromatic amines is 1. The number of nitrogens with zero attached hydrogens (tertiary/aromatic N) is 3. The minimum atomic E-state index is -3.71. The summed E-state index contributed by atoms with van der Waals surface area (Å²) in [4.78, 5) is 25.8. The molecule has 9 heteroatoms. The van der Waals surface area contributed by atoms with Gasteiger partial charge in [-0.25, -0.2) is 8.42 Å². The number of piperazine rings is 1. The van der Waals surface area contributed by atoms with Gasteiger partial charge < -0.3 is 4.90 Å². The first-order chi connectivity index (χ1) is 13.3. The maximum absolute atomic E-state index is 12.9. The monoisotopic (exact) mass is 404 g/mol. The van der Waals surface area contributed by atoms with Gasteiger partial charge in [-0.2, -0.15) is 9.40 Å². The Hall–Kier alpha value is -2.52. The van der Waals surface area contributed by atoms with Crippen molar-refractivity contribution in [3.05, 3.63) is 47.3 Å². The molecule has 1 aromatic heterocycles. The summed E-state index contributed by atoms with van der Waals surface area (Å²) in [5, 5.41) is 6.94. The zero-order valence-electron chi connectivity index (χ0n) is 16.0. The van der Waals surface area contributed by atoms with Gasteiger partial charge in [-0.3, -0.25) is 14.7 Å². The molecule has 2 aromatic rings. The van der Waals surface area contributed by atoms with Crippen molar-refractivity contribution in [2.45, 2.75) is 31.6 Å². The second kappa shape index (κ2) is 8.24. The van der Waals surface area contributed by atoms with Crippen LogP contribution in [0, 0.1) is 0 Å². The lowest BCUT2D eigenvalue weighted by molar-refractivity contribution is 0.0691. The molecule has 0 spiro atoms. The number of carbonyl (C=O) groups excluding carboxylic acids is 2. The summed E-state index contributed by atoms with van der Waals surface area (Å²) >= 11 is 0. The Kier molecular flexibility index (Phi) is 5.95. The largest absolute Gasteiger partial charge is 0.335 e. The summed E-state index contributed by atoms with van der Waals surface area (Å²) in [7, 11) is -3.71. The van der Waals surface area contributed by atoms with E-state index in [2.05, 4.69) is 10.2 Å². The quantitative estimate of drug-likeness (QED) is 0.738. The lowest BCUT2D eigenvalue weighted by Gasteiger charge is -2.33. The Bertz CT molecular complexity index is 975. The van der Waals surface area contributed by atoms with E-state index in [9.17, 15) is 18.0 Å². The number of sulfonamides is 1. The number of carbonyl (C=O) groups is 2. The van der Waals surface area contributed by atoms with Crippen LogP contribution < -0.4 is 0 Å². The third kappa shape index (κ3) is 4.15. The highest BCUT2D eigenvalue weighted by atomic mass is 32.2. The van der Waals surface area contributed by atoms with Crippen molar-refractivity contribution in [3.8, 4) is 0 Å². The van der Waals surface area contributed by atoms with Gasteiger partial charge in [0.15, 0.2) is 5.78 Å². The van der Waals surface area contributed by atoms with Gasteiger partial charge in [-0.15, -0.1) is 0 Å². The van der Waals surface area contributed by atoms with Gasteiger partial charge in [0.25, 0.3) is 5.91 Å². The molecule has 28 heavy (non-hydrogen) atoms. The number of benzene rings is 1. The van der Waals surface area contributed by atoms with Crippen molar-refractivity contribution >= 4 is 21.7 Å². The highest BCUT2D eigenvalue weighted by Gasteiger charge is 2.31. The molecule has 1 N–H and O–H groups in total. The number of nitrogens with one attached hydrogen (secondary N) is 1. The summed E-state index contributed by atoms with van der Waals surface area (Å²) in [5.41, 5.74) is 1.63. The van der Waals surface area contributed by atoms with Gasteiger partial charge in [-0.1, -0.05) is 25.5 Å². The fraction of sp³-hybridized carbons (Fsp3) is 0.421. The summed E-state index contributed by atoms with van der Waals surface area (Å²) in [5.74, 6) is -0.386. The van der Waals surface area contributed by atoms with Crippen LogP contribution in [-0.4, -0.2) is 65.7 Å². The molecule has 150 valence electrons. The number of aryl methyl sites for hydroxylation is 1. The number of Topliss-reactive ketones (excluding diaryl/α,β-unsaturated/α-hetero) is 1. The van der Waals surface area contributed by atoms with Crippen molar-refractivity contribution in [1.82, 2.24) is 19.4 Å². The standard InChI is InChI=1S/C19H24N4O4S/c1-3-5-16-13-18(21-20-16)19(25)22-8-10-23(11-9-22)28(26,27)17-7-4-6-15(12-17)14(2)24/h4,6-7,12-13H,3,5,8-11H2,1-2H3,(H,20,21). The number of hydrogen-bond donors (Lipinski definition) is 1. The molecule has 1 saturated heterocycles. The maximum atomic E-state index is 12.9. The molecular weight excluding hydrogens is 380 g/mol. The molecule has 0 aliphatic carbocycles. The maximum Gasteiger partial charge on any atom is 0.274 e. The number of amides is 1. The van der Waals surface area contributed by atoms with Crippen LogP contribution in [0.3, 0.4) is 0 Å². The SMILES string of the molecule is CCCc1cc(C(=O)N2CCN(S(=O)(=O)c3cccc(C(C)=O)c3)CC2)n[nH]1. The van der Waals surface area contributed by atoms with Crippen LogP contribution in [0.2, 0.25) is 0 Å². The molecule has 1 fully saturated rings. The molecular formula is C19H24N4O4S. The average Bonchev–Trinajstić information content (AvgIpc) is 3.16. The third-order valence-corrected chi connectivity index (χ3v) is 6.67. The van der Waals surface area contributed by atoms with E-state index >= 15 is 0 Å². The Morgan fingerprint density at radius 2 is 1.86 bits per heavy atom. The lowest BCUT2D eigenvalue weighted by atomic mass is 10.2. The molecule has 1 amide bonds. The van der Waals surface area contributed by atoms with Crippen molar-refractivity contribution < 1.29 is 18.0 Å². The second-order valence-corrected chi connectivity index (χ2v) is 8.75. The summed E-state index contributed by atoms with van der Waals surface area (Å²) in [6, 6.07) is 7.79. The van der Waals surface area contributed by atoms with Crippen LogP contribution in [0.15, 0.2) is 35.2 Å². The van der Waals surface area contributed by atoms with Crippen LogP contribution in [0.1, 0.15) is 46.8 Å². The van der Waals surface area contributed by atoms with Crippen LogP contribution in [0.4, 0.5) is 0 Å². The zero-order valence-corrected chi connectivity index (χ0v) is 16.8. The smallest absolute Gasteiger partial charge is 0.274 e. The fourth-order valence-electron chi connectivity index (χ4n) is 3.19. The van der Waals surface area contributed by atoms with Gasteiger partial charge >= 0.3 is 0 Å². The van der Waals surface area contributed by atoms with Crippen LogP contribution in [-0.2, 0) is 16.4 Å². The molecule has 1 aliphatic heterocycles. The molecule has 1 aliphatic rings. The van der Waals surface area contributed by atoms with E-state index in [0.717, 1.165) is 18.5 Å². The predicted molar refractivity (Wildman–Crippen MR) is 104 cm³/mol. The number of H-pyrrole nitrogens is 1. The molecule has 0 radical (unpaired) electrons. The first-order valence-electron chi connectivity index (χ1n) is 9.27. The summed E-state index contributed by atoms with van der Waals surface area (Å²) < 4.78 is 27.1. The van der Waals surface area contributed by atoms with Gasteiger partial charge in [-0.05, 0) is 31.5 Å². The fourth-order valence-corrected chi connectivity index (χ4v) is 4.66. The Morgan fingerprint density at radius 1 is 1.14 bits per heavy atom. The van der Waals surface area contributed by atoms with E-state index in [1.165, 1.54) is 23.4 Å². The van der Waals surface area contributed by atoms with Gasteiger partial charge in [0.1, 0.15) is 5.69 Å². The molecule has 0 unspecified atom stereocenters. The van der Waals surface area contributed by atoms with Gasteiger partial charge in [0.05, 0.1) is 4.90 Å². The average molecular weight is 404 g/mol. The van der Waals surface area contributed by atoms with E-state index in [0.29, 0.717) is 24.3 Å². The van der Waals surface area contributed by atoms with Crippen molar-refractivity contribution in [2.24, 2.45) is 0 Å². The summed E-state index contributed by atoms with van der Waals surface area (Å²) in [6.45, 7) is 4.43. The normalized spacial score (nSPS) is 15.6. The predicted octanol–water partition coefficient (Wildman–Crippen LogP) is 1.71. The molecule has 0 bridgehead atoms. The number of ketones is 1. The topological polar surface area (TPSA) is 103 Å². The van der Waals surface area contributed by atoms with Crippen molar-refractivity contribution in [1.29, 1.82) is 0 Å². The Labute approximate surface area is 164 Å². The van der Waals surface area contributed by atoms with Crippen LogP contribution >= 0.6 is 0 Å². The second-order valence-electron chi connectivity index (χ2n) is 6.81. The van der Waals surface area contributed by atoms with Gasteiger partial charge in [0, 0.05) is 37.4 Å². The van der Waals surface area contributed by atoms with Crippen LogP contribution in [0.25, 0.3) is 0 Å². The number of rotatable bonds is 6. The molecule has 8 nitrogen and oxygen atoms in total. The molecule has 0 atom stereocenters. The zero-order chi connectivity index (χ0) is 20.3. The molecule has 2 heterocycles. The van der Waals surface area contributed by atoms with Crippen molar-refractivity contribution in [2.75, 3.05) is 26.2 Å². The highest BCUT2D eigenvalue weighted by molar-refractivity contribution is 7.89. The minimum absolute atomic E-state index is 0.0940. The van der Waals surface area contributed by atoms with E-state index in [1.807, 2.05) is 6.92 Å².